The molecular formula is C35H32N2O6. The first-order valence-electron chi connectivity index (χ1n) is 14.3. The minimum Gasteiger partial charge on any atom is -0.507 e. The van der Waals surface area contributed by atoms with Crippen molar-refractivity contribution in [3.05, 3.63) is 125 Å². The lowest BCUT2D eigenvalue weighted by molar-refractivity contribution is -0.140. The summed E-state index contributed by atoms with van der Waals surface area (Å²) in [5.74, 6) is 0.0829. The Balaban J connectivity index is 1.43. The lowest BCUT2D eigenvalue weighted by atomic mass is 9.94. The summed E-state index contributed by atoms with van der Waals surface area (Å²) in [4.78, 5) is 32.8. The van der Waals surface area contributed by atoms with Gasteiger partial charge in [-0.05, 0) is 72.5 Å². The predicted octanol–water partition coefficient (Wildman–Crippen LogP) is 6.00. The molecule has 1 N–H and O–H groups in total. The van der Waals surface area contributed by atoms with Crippen LogP contribution in [0.2, 0.25) is 0 Å². The molecule has 2 atom stereocenters. The van der Waals surface area contributed by atoms with Crippen LogP contribution in [0.1, 0.15) is 47.7 Å². The van der Waals surface area contributed by atoms with Crippen LogP contribution in [0.25, 0.3) is 5.76 Å². The number of pyridine rings is 1. The molecule has 1 aromatic heterocycles. The Bertz CT molecular complexity index is 1690. The Morgan fingerprint density at radius 1 is 0.977 bits per heavy atom. The number of rotatable bonds is 9. The number of fused-ring (bicyclic) bond motifs is 1. The zero-order valence-corrected chi connectivity index (χ0v) is 24.0. The normalized spacial score (nSPS) is 18.8. The lowest BCUT2D eigenvalue weighted by Gasteiger charge is -2.26. The van der Waals surface area contributed by atoms with Crippen molar-refractivity contribution < 1.29 is 28.9 Å². The molecule has 0 spiro atoms. The topological polar surface area (TPSA) is 98.2 Å². The van der Waals surface area contributed by atoms with Gasteiger partial charge in [-0.25, -0.2) is 0 Å². The van der Waals surface area contributed by atoms with E-state index >= 15 is 0 Å². The molecule has 1 fully saturated rings. The van der Waals surface area contributed by atoms with E-state index in [9.17, 15) is 14.7 Å². The number of aromatic nitrogens is 1. The summed E-state index contributed by atoms with van der Waals surface area (Å²) in [6.45, 7) is 4.72. The van der Waals surface area contributed by atoms with Gasteiger partial charge in [0.2, 0.25) is 0 Å². The van der Waals surface area contributed by atoms with Crippen molar-refractivity contribution in [1.82, 2.24) is 9.88 Å². The van der Waals surface area contributed by atoms with Crippen LogP contribution in [0, 0.1) is 0 Å². The maximum Gasteiger partial charge on any atom is 0.295 e. The summed E-state index contributed by atoms with van der Waals surface area (Å²) in [5.41, 5.74) is 3.78. The van der Waals surface area contributed by atoms with Crippen LogP contribution < -0.4 is 14.2 Å². The van der Waals surface area contributed by atoms with Gasteiger partial charge in [0.25, 0.3) is 11.7 Å². The predicted molar refractivity (Wildman–Crippen MR) is 161 cm³/mol. The highest BCUT2D eigenvalue weighted by Gasteiger charge is 2.46. The van der Waals surface area contributed by atoms with E-state index in [1.165, 1.54) is 4.90 Å². The summed E-state index contributed by atoms with van der Waals surface area (Å²) in [7, 11) is 0. The number of likely N-dealkylation sites (tertiary alicyclic amines) is 1. The third kappa shape index (κ3) is 5.68. The molecule has 0 aliphatic carbocycles. The molecule has 4 aromatic rings. The monoisotopic (exact) mass is 576 g/mol. The van der Waals surface area contributed by atoms with Crippen molar-refractivity contribution >= 4 is 17.4 Å². The number of amides is 1. The third-order valence-corrected chi connectivity index (χ3v) is 7.61. The molecule has 0 unspecified atom stereocenters. The van der Waals surface area contributed by atoms with Gasteiger partial charge in [-0.2, -0.15) is 0 Å². The Labute approximate surface area is 250 Å². The van der Waals surface area contributed by atoms with Crippen molar-refractivity contribution in [2.24, 2.45) is 0 Å². The smallest absolute Gasteiger partial charge is 0.295 e. The van der Waals surface area contributed by atoms with Gasteiger partial charge in [-0.1, -0.05) is 42.5 Å². The van der Waals surface area contributed by atoms with Crippen LogP contribution in [-0.2, 0) is 29.2 Å². The summed E-state index contributed by atoms with van der Waals surface area (Å²) in [5, 5.41) is 11.6. The number of aliphatic hydroxyl groups is 1. The second-order valence-corrected chi connectivity index (χ2v) is 10.7. The van der Waals surface area contributed by atoms with Gasteiger partial charge < -0.3 is 24.2 Å². The number of aliphatic hydroxyl groups excluding tert-OH is 1. The molecule has 3 aromatic carbocycles. The second-order valence-electron chi connectivity index (χ2n) is 10.7. The molecule has 1 saturated heterocycles. The highest BCUT2D eigenvalue weighted by molar-refractivity contribution is 6.46. The first-order chi connectivity index (χ1) is 20.9. The number of ether oxygens (including phenoxy) is 3. The molecule has 1 amide bonds. The fourth-order valence-electron chi connectivity index (χ4n) is 5.62. The number of hydrogen-bond donors (Lipinski definition) is 1. The number of carbonyl (C=O) groups is 2. The highest BCUT2D eigenvalue weighted by Crippen LogP contribution is 2.43. The van der Waals surface area contributed by atoms with E-state index in [1.807, 2.05) is 56.3 Å². The zero-order valence-electron chi connectivity index (χ0n) is 24.0. The van der Waals surface area contributed by atoms with E-state index < -0.39 is 17.7 Å². The van der Waals surface area contributed by atoms with E-state index in [0.29, 0.717) is 42.3 Å². The van der Waals surface area contributed by atoms with Gasteiger partial charge in [0.05, 0.1) is 18.2 Å². The van der Waals surface area contributed by atoms with Crippen molar-refractivity contribution in [2.45, 2.75) is 45.6 Å². The summed E-state index contributed by atoms with van der Waals surface area (Å²) >= 11 is 0. The number of nitrogens with zero attached hydrogens (tertiary/aromatic N) is 2. The van der Waals surface area contributed by atoms with Gasteiger partial charge in [0, 0.05) is 30.9 Å². The number of ketones is 1. The van der Waals surface area contributed by atoms with E-state index in [0.717, 1.165) is 22.4 Å². The minimum absolute atomic E-state index is 0.0150. The molecule has 0 saturated carbocycles. The fraction of sp³-hybridized carbons (Fsp3) is 0.229. The number of Topliss-reactive ketones (excluding diaryl/α,β-unsaturated/α-hetero) is 1. The minimum atomic E-state index is -0.869. The van der Waals surface area contributed by atoms with Crippen molar-refractivity contribution in [1.29, 1.82) is 0 Å². The summed E-state index contributed by atoms with van der Waals surface area (Å²) in [6.07, 6.45) is 4.02. The SMILES string of the molecule is CCOc1cc([C@@H]2/C(=C(\O)c3ccc4c(c3)C[C@@H](C)O4)C(=O)C(=O)N2Cc2cccnc2)ccc1OCc1ccccc1. The molecule has 2 aliphatic rings. The Kier molecular flexibility index (Phi) is 7.83. The second kappa shape index (κ2) is 12.0. The Hall–Kier alpha value is -5.11. The van der Waals surface area contributed by atoms with E-state index in [2.05, 4.69) is 4.98 Å². The van der Waals surface area contributed by atoms with Gasteiger partial charge in [-0.15, -0.1) is 0 Å². The molecule has 43 heavy (non-hydrogen) atoms. The number of hydrogen-bond acceptors (Lipinski definition) is 7. The lowest BCUT2D eigenvalue weighted by Crippen LogP contribution is -2.29. The van der Waals surface area contributed by atoms with Gasteiger partial charge >= 0.3 is 0 Å². The largest absolute Gasteiger partial charge is 0.507 e. The molecule has 8 heteroatoms. The van der Waals surface area contributed by atoms with Crippen LogP contribution in [0.4, 0.5) is 0 Å². The summed E-state index contributed by atoms with van der Waals surface area (Å²) < 4.78 is 17.9. The average molecular weight is 577 g/mol. The average Bonchev–Trinajstić information content (AvgIpc) is 3.52. The van der Waals surface area contributed by atoms with Crippen LogP contribution >= 0.6 is 0 Å². The van der Waals surface area contributed by atoms with E-state index in [-0.39, 0.29) is 24.0 Å². The molecule has 0 bridgehead atoms. The Morgan fingerprint density at radius 3 is 2.56 bits per heavy atom. The van der Waals surface area contributed by atoms with Crippen molar-refractivity contribution in [2.75, 3.05) is 6.61 Å². The Morgan fingerprint density at radius 2 is 1.79 bits per heavy atom. The van der Waals surface area contributed by atoms with Gasteiger partial charge in [0.1, 0.15) is 24.2 Å². The third-order valence-electron chi connectivity index (χ3n) is 7.61. The first-order valence-corrected chi connectivity index (χ1v) is 14.3. The molecular weight excluding hydrogens is 544 g/mol. The van der Waals surface area contributed by atoms with Crippen molar-refractivity contribution in [3.63, 3.8) is 0 Å². The van der Waals surface area contributed by atoms with Crippen LogP contribution in [0.15, 0.2) is 96.8 Å². The zero-order chi connectivity index (χ0) is 29.9. The molecule has 8 nitrogen and oxygen atoms in total. The van der Waals surface area contributed by atoms with E-state index in [1.54, 1.807) is 48.8 Å². The van der Waals surface area contributed by atoms with Gasteiger partial charge in [0.15, 0.2) is 11.5 Å². The molecule has 3 heterocycles. The van der Waals surface area contributed by atoms with Crippen LogP contribution in [0.5, 0.6) is 17.2 Å². The number of benzene rings is 3. The molecule has 6 rings (SSSR count). The van der Waals surface area contributed by atoms with Crippen LogP contribution in [0.3, 0.4) is 0 Å². The molecule has 2 aliphatic heterocycles. The quantitative estimate of drug-likeness (QED) is 0.148. The van der Waals surface area contributed by atoms with Crippen LogP contribution in [-0.4, -0.2) is 39.4 Å². The maximum absolute atomic E-state index is 13.6. The maximum atomic E-state index is 13.6. The first kappa shape index (κ1) is 28.0. The highest BCUT2D eigenvalue weighted by atomic mass is 16.5. The molecule has 218 valence electrons. The standard InChI is InChI=1S/C35H32N2O6/c1-3-41-30-18-25(11-14-29(30)42-21-23-8-5-4-6-9-23)32-31(33(38)26-12-13-28-27(17-26)16-22(2)43-28)34(39)35(40)37(32)20-24-10-7-15-36-19-24/h4-15,17-19,22,32,38H,3,16,20-21H2,1-2H3/b33-31+/t22-,32-/m1/s1. The van der Waals surface area contributed by atoms with Crippen molar-refractivity contribution in [3.8, 4) is 17.2 Å². The van der Waals surface area contributed by atoms with E-state index in [4.69, 9.17) is 14.2 Å². The fourth-order valence-corrected chi connectivity index (χ4v) is 5.62. The number of carbonyl (C=O) groups excluding carboxylic acids is 2. The van der Waals surface area contributed by atoms with Gasteiger partial charge in [-0.3, -0.25) is 14.6 Å². The summed E-state index contributed by atoms with van der Waals surface area (Å²) in [6, 6.07) is 23.3. The molecule has 0 radical (unpaired) electrons.